The highest BCUT2D eigenvalue weighted by Gasteiger charge is 2.36. The standard InChI is InChI=1S/C17H19ClN4O5/c1-4-26-17(25)13(9(2)23)14(11-5-7-12(18)8-6-11)20-16-15(19-10(3)24)21-27-22-16/h5-8,13-14H,4H2,1-3H3,(H,20,22)(H,19,21,24). The number of rotatable bonds is 8. The van der Waals surface area contributed by atoms with Crippen molar-refractivity contribution in [3.05, 3.63) is 34.9 Å². The van der Waals surface area contributed by atoms with E-state index in [9.17, 15) is 14.4 Å². The molecular weight excluding hydrogens is 376 g/mol. The lowest BCUT2D eigenvalue weighted by molar-refractivity contribution is -0.151. The first-order valence-electron chi connectivity index (χ1n) is 8.12. The van der Waals surface area contributed by atoms with Crippen LogP contribution in [0.3, 0.4) is 0 Å². The number of ketones is 1. The minimum atomic E-state index is -1.16. The van der Waals surface area contributed by atoms with Gasteiger partial charge in [0.05, 0.1) is 12.6 Å². The molecule has 0 aliphatic rings. The number of Topliss-reactive ketones (excluding diaryl/α,β-unsaturated/α-hetero) is 1. The highest BCUT2D eigenvalue weighted by Crippen LogP contribution is 2.31. The molecule has 0 radical (unpaired) electrons. The molecule has 2 aromatic rings. The van der Waals surface area contributed by atoms with Crippen molar-refractivity contribution in [3.8, 4) is 0 Å². The Morgan fingerprint density at radius 3 is 2.33 bits per heavy atom. The minimum absolute atomic E-state index is 0.0348. The van der Waals surface area contributed by atoms with E-state index in [1.165, 1.54) is 13.8 Å². The van der Waals surface area contributed by atoms with E-state index in [0.29, 0.717) is 10.6 Å². The van der Waals surface area contributed by atoms with Gasteiger partial charge in [-0.3, -0.25) is 14.4 Å². The highest BCUT2D eigenvalue weighted by atomic mass is 35.5. The van der Waals surface area contributed by atoms with Crippen molar-refractivity contribution in [3.63, 3.8) is 0 Å². The summed E-state index contributed by atoms with van der Waals surface area (Å²) >= 11 is 5.93. The van der Waals surface area contributed by atoms with Gasteiger partial charge in [-0.25, -0.2) is 4.63 Å². The van der Waals surface area contributed by atoms with E-state index in [1.807, 2.05) is 0 Å². The Morgan fingerprint density at radius 2 is 1.78 bits per heavy atom. The van der Waals surface area contributed by atoms with Crippen LogP contribution in [0.4, 0.5) is 11.6 Å². The molecule has 1 aromatic carbocycles. The number of nitrogens with one attached hydrogen (secondary N) is 2. The molecule has 1 amide bonds. The maximum atomic E-state index is 12.4. The Morgan fingerprint density at radius 1 is 1.15 bits per heavy atom. The molecule has 2 atom stereocenters. The van der Waals surface area contributed by atoms with Crippen LogP contribution in [0.5, 0.6) is 0 Å². The Kier molecular flexibility index (Phi) is 6.89. The number of carbonyl (C=O) groups is 3. The number of nitrogens with zero attached hydrogens (tertiary/aromatic N) is 2. The summed E-state index contributed by atoms with van der Waals surface area (Å²) in [5, 5.41) is 13.2. The maximum Gasteiger partial charge on any atom is 0.318 e. The summed E-state index contributed by atoms with van der Waals surface area (Å²) in [6, 6.07) is 5.74. The average molecular weight is 395 g/mol. The van der Waals surface area contributed by atoms with E-state index in [1.54, 1.807) is 31.2 Å². The summed E-state index contributed by atoms with van der Waals surface area (Å²) in [7, 11) is 0. The van der Waals surface area contributed by atoms with E-state index in [0.717, 1.165) is 0 Å². The van der Waals surface area contributed by atoms with Gasteiger partial charge in [0.25, 0.3) is 0 Å². The van der Waals surface area contributed by atoms with Gasteiger partial charge in [-0.05, 0) is 41.9 Å². The summed E-state index contributed by atoms with van der Waals surface area (Å²) < 4.78 is 9.70. The van der Waals surface area contributed by atoms with Crippen molar-refractivity contribution in [1.82, 2.24) is 10.3 Å². The Hall–Kier alpha value is -2.94. The van der Waals surface area contributed by atoms with Crippen LogP contribution >= 0.6 is 11.6 Å². The number of hydrogen-bond acceptors (Lipinski definition) is 8. The Bertz CT molecular complexity index is 821. The first-order valence-corrected chi connectivity index (χ1v) is 8.50. The molecule has 2 rings (SSSR count). The van der Waals surface area contributed by atoms with E-state index < -0.39 is 23.7 Å². The molecule has 1 aromatic heterocycles. The molecule has 27 heavy (non-hydrogen) atoms. The summed E-state index contributed by atoms with van der Waals surface area (Å²) in [5.41, 5.74) is 0.587. The summed E-state index contributed by atoms with van der Waals surface area (Å²) in [6.45, 7) is 4.36. The zero-order valence-electron chi connectivity index (χ0n) is 15.0. The van der Waals surface area contributed by atoms with Gasteiger partial charge < -0.3 is 15.4 Å². The number of amides is 1. The van der Waals surface area contributed by atoms with Crippen molar-refractivity contribution in [2.24, 2.45) is 5.92 Å². The minimum Gasteiger partial charge on any atom is -0.465 e. The summed E-state index contributed by atoms with van der Waals surface area (Å²) in [6.07, 6.45) is 0. The molecule has 0 bridgehead atoms. The third-order valence-corrected chi connectivity index (χ3v) is 3.87. The SMILES string of the molecule is CCOC(=O)C(C(C)=O)C(Nc1nonc1NC(C)=O)c1ccc(Cl)cc1. The number of hydrogen-bond donors (Lipinski definition) is 2. The smallest absolute Gasteiger partial charge is 0.318 e. The van der Waals surface area contributed by atoms with Gasteiger partial charge in [-0.15, -0.1) is 0 Å². The fourth-order valence-corrected chi connectivity index (χ4v) is 2.60. The predicted molar refractivity (Wildman–Crippen MR) is 97.2 cm³/mol. The van der Waals surface area contributed by atoms with Gasteiger partial charge in [0.2, 0.25) is 17.5 Å². The lowest BCUT2D eigenvalue weighted by Crippen LogP contribution is -2.34. The van der Waals surface area contributed by atoms with Gasteiger partial charge in [0.1, 0.15) is 11.7 Å². The topological polar surface area (TPSA) is 123 Å². The molecule has 2 N–H and O–H groups in total. The third-order valence-electron chi connectivity index (χ3n) is 3.62. The Labute approximate surface area is 160 Å². The zero-order valence-corrected chi connectivity index (χ0v) is 15.7. The monoisotopic (exact) mass is 394 g/mol. The second kappa shape index (κ2) is 9.13. The van der Waals surface area contributed by atoms with Gasteiger partial charge in [0.15, 0.2) is 0 Å². The maximum absolute atomic E-state index is 12.4. The average Bonchev–Trinajstić information content (AvgIpc) is 3.01. The Balaban J connectivity index is 2.44. The van der Waals surface area contributed by atoms with Gasteiger partial charge in [-0.1, -0.05) is 23.7 Å². The van der Waals surface area contributed by atoms with E-state index in [4.69, 9.17) is 16.3 Å². The fourth-order valence-electron chi connectivity index (χ4n) is 2.48. The first-order chi connectivity index (χ1) is 12.8. The number of esters is 1. The number of carbonyl (C=O) groups excluding carboxylic acids is 3. The van der Waals surface area contributed by atoms with Crippen LogP contribution < -0.4 is 10.6 Å². The molecule has 0 aliphatic carbocycles. The fraction of sp³-hybridized carbons (Fsp3) is 0.353. The van der Waals surface area contributed by atoms with Crippen LogP contribution in [0.1, 0.15) is 32.4 Å². The quantitative estimate of drug-likeness (QED) is 0.517. The molecule has 0 fully saturated rings. The van der Waals surface area contributed by atoms with Crippen LogP contribution in [-0.4, -0.2) is 34.6 Å². The van der Waals surface area contributed by atoms with Crippen molar-refractivity contribution in [2.75, 3.05) is 17.2 Å². The van der Waals surface area contributed by atoms with Crippen LogP contribution in [0.2, 0.25) is 5.02 Å². The van der Waals surface area contributed by atoms with Crippen molar-refractivity contribution < 1.29 is 23.7 Å². The number of anilines is 2. The summed E-state index contributed by atoms with van der Waals surface area (Å²) in [5.74, 6) is -2.53. The van der Waals surface area contributed by atoms with E-state index >= 15 is 0 Å². The molecule has 0 saturated heterocycles. The highest BCUT2D eigenvalue weighted by molar-refractivity contribution is 6.30. The van der Waals surface area contributed by atoms with Crippen LogP contribution in [0.25, 0.3) is 0 Å². The number of benzene rings is 1. The molecule has 2 unspecified atom stereocenters. The molecule has 10 heteroatoms. The summed E-state index contributed by atoms with van der Waals surface area (Å²) in [4.78, 5) is 36.0. The normalized spacial score (nSPS) is 12.7. The lowest BCUT2D eigenvalue weighted by atomic mass is 9.90. The molecule has 0 spiro atoms. The predicted octanol–water partition coefficient (Wildman–Crippen LogP) is 2.60. The number of aromatic nitrogens is 2. The van der Waals surface area contributed by atoms with Crippen molar-refractivity contribution >= 4 is 40.9 Å². The molecule has 1 heterocycles. The van der Waals surface area contributed by atoms with Crippen molar-refractivity contribution in [1.29, 1.82) is 0 Å². The molecular formula is C17H19ClN4O5. The molecule has 0 aliphatic heterocycles. The van der Waals surface area contributed by atoms with E-state index in [-0.39, 0.29) is 24.1 Å². The third kappa shape index (κ3) is 5.27. The zero-order chi connectivity index (χ0) is 20.0. The van der Waals surface area contributed by atoms with Crippen molar-refractivity contribution in [2.45, 2.75) is 26.8 Å². The number of ether oxygens (including phenoxy) is 1. The van der Waals surface area contributed by atoms with Gasteiger partial charge in [0, 0.05) is 11.9 Å². The largest absolute Gasteiger partial charge is 0.465 e. The lowest BCUT2D eigenvalue weighted by Gasteiger charge is -2.25. The van der Waals surface area contributed by atoms with Crippen LogP contribution in [0.15, 0.2) is 28.9 Å². The van der Waals surface area contributed by atoms with Crippen LogP contribution in [0, 0.1) is 5.92 Å². The molecule has 0 saturated carbocycles. The second-order valence-electron chi connectivity index (χ2n) is 5.66. The van der Waals surface area contributed by atoms with Gasteiger partial charge >= 0.3 is 5.97 Å². The van der Waals surface area contributed by atoms with E-state index in [2.05, 4.69) is 25.6 Å². The van der Waals surface area contributed by atoms with Crippen LogP contribution in [-0.2, 0) is 19.1 Å². The molecule has 9 nitrogen and oxygen atoms in total. The van der Waals surface area contributed by atoms with Gasteiger partial charge in [-0.2, -0.15) is 0 Å². The molecule has 144 valence electrons. The first kappa shape index (κ1) is 20.4. The second-order valence-corrected chi connectivity index (χ2v) is 6.09. The number of halogens is 1.